The third-order valence-electron chi connectivity index (χ3n) is 3.18. The molecule has 21 heavy (non-hydrogen) atoms. The van der Waals surface area contributed by atoms with E-state index in [0.29, 0.717) is 5.56 Å². The van der Waals surface area contributed by atoms with Crippen LogP contribution in [0.5, 0.6) is 0 Å². The summed E-state index contributed by atoms with van der Waals surface area (Å²) in [5.41, 5.74) is 4.80. The highest BCUT2D eigenvalue weighted by atomic mass is 79.9. The molecule has 0 aliphatic rings. The van der Waals surface area contributed by atoms with Crippen molar-refractivity contribution in [3.63, 3.8) is 0 Å². The Hall–Kier alpha value is -1.87. The fourth-order valence-electron chi connectivity index (χ4n) is 1.98. The van der Waals surface area contributed by atoms with Gasteiger partial charge in [-0.1, -0.05) is 45.8 Å². The molecular formula is C18H18BrNO. The molecule has 0 aliphatic heterocycles. The van der Waals surface area contributed by atoms with Gasteiger partial charge in [-0.05, 0) is 44.5 Å². The summed E-state index contributed by atoms with van der Waals surface area (Å²) in [6.45, 7) is 5.93. The van der Waals surface area contributed by atoms with Gasteiger partial charge in [-0.2, -0.15) is 0 Å². The molecule has 2 nitrogen and oxygen atoms in total. The van der Waals surface area contributed by atoms with E-state index in [-0.39, 0.29) is 5.78 Å². The Bertz CT molecular complexity index is 687. The number of rotatable bonds is 4. The molecule has 0 spiro atoms. The normalized spacial score (nSPS) is 11.3. The van der Waals surface area contributed by atoms with Crippen LogP contribution >= 0.6 is 15.9 Å². The Kier molecular flexibility index (Phi) is 4.97. The van der Waals surface area contributed by atoms with Crippen LogP contribution in [0.15, 0.2) is 58.7 Å². The first-order valence-corrected chi connectivity index (χ1v) is 7.57. The Morgan fingerprint density at radius 2 is 1.76 bits per heavy atom. The van der Waals surface area contributed by atoms with Crippen molar-refractivity contribution in [2.45, 2.75) is 20.8 Å². The number of carbonyl (C=O) groups excluding carboxylic acids is 1. The monoisotopic (exact) mass is 343 g/mol. The molecule has 0 amide bonds. The van der Waals surface area contributed by atoms with Gasteiger partial charge in [0.25, 0.3) is 0 Å². The van der Waals surface area contributed by atoms with Gasteiger partial charge in [0.2, 0.25) is 0 Å². The van der Waals surface area contributed by atoms with Crippen molar-refractivity contribution in [1.82, 2.24) is 0 Å². The fraction of sp³-hybridized carbons (Fsp3) is 0.167. The van der Waals surface area contributed by atoms with E-state index in [9.17, 15) is 4.79 Å². The van der Waals surface area contributed by atoms with Crippen LogP contribution in [0.1, 0.15) is 28.4 Å². The Morgan fingerprint density at radius 1 is 1.10 bits per heavy atom. The van der Waals surface area contributed by atoms with Gasteiger partial charge in [0.05, 0.1) is 0 Å². The van der Waals surface area contributed by atoms with Gasteiger partial charge in [-0.3, -0.25) is 4.79 Å². The minimum atomic E-state index is 0.00818. The number of hydrogen-bond acceptors (Lipinski definition) is 2. The molecule has 0 fully saturated rings. The Morgan fingerprint density at radius 3 is 2.38 bits per heavy atom. The molecule has 2 aromatic rings. The number of allylic oxidation sites excluding steroid dienone is 2. The second-order valence-corrected chi connectivity index (χ2v) is 6.00. The van der Waals surface area contributed by atoms with E-state index >= 15 is 0 Å². The van der Waals surface area contributed by atoms with E-state index in [2.05, 4.69) is 21.2 Å². The molecule has 1 N–H and O–H groups in total. The van der Waals surface area contributed by atoms with Crippen molar-refractivity contribution in [2.24, 2.45) is 0 Å². The van der Waals surface area contributed by atoms with Crippen molar-refractivity contribution in [3.05, 3.63) is 75.4 Å². The summed E-state index contributed by atoms with van der Waals surface area (Å²) >= 11 is 3.48. The highest BCUT2D eigenvalue weighted by molar-refractivity contribution is 9.10. The highest BCUT2D eigenvalue weighted by Gasteiger charge is 2.03. The smallest absolute Gasteiger partial charge is 0.187 e. The molecule has 108 valence electrons. The summed E-state index contributed by atoms with van der Waals surface area (Å²) in [5, 5.41) is 3.24. The third kappa shape index (κ3) is 4.30. The second kappa shape index (κ2) is 6.72. The summed E-state index contributed by atoms with van der Waals surface area (Å²) in [7, 11) is 0. The van der Waals surface area contributed by atoms with E-state index in [1.807, 2.05) is 63.2 Å². The number of carbonyl (C=O) groups is 1. The van der Waals surface area contributed by atoms with E-state index in [1.54, 1.807) is 6.08 Å². The molecule has 0 atom stereocenters. The summed E-state index contributed by atoms with van der Waals surface area (Å²) in [6.07, 6.45) is 1.63. The van der Waals surface area contributed by atoms with Gasteiger partial charge in [0.15, 0.2) is 5.78 Å². The predicted octanol–water partition coefficient (Wildman–Crippen LogP) is 5.26. The SMILES string of the molecule is CC(=CC(=O)c1ccc(C)cc1)Nc1ccc(Br)c(C)c1. The van der Waals surface area contributed by atoms with Crippen molar-refractivity contribution < 1.29 is 4.79 Å². The molecule has 0 radical (unpaired) electrons. The van der Waals surface area contributed by atoms with Gasteiger partial charge >= 0.3 is 0 Å². The number of anilines is 1. The zero-order valence-electron chi connectivity index (χ0n) is 12.4. The van der Waals surface area contributed by atoms with Crippen LogP contribution in [0.25, 0.3) is 0 Å². The number of hydrogen-bond donors (Lipinski definition) is 1. The van der Waals surface area contributed by atoms with Crippen molar-refractivity contribution in [3.8, 4) is 0 Å². The van der Waals surface area contributed by atoms with Gasteiger partial charge in [0.1, 0.15) is 0 Å². The average Bonchev–Trinajstić information content (AvgIpc) is 2.43. The van der Waals surface area contributed by atoms with Crippen LogP contribution in [0.4, 0.5) is 5.69 Å². The van der Waals surface area contributed by atoms with Crippen molar-refractivity contribution in [1.29, 1.82) is 0 Å². The predicted molar refractivity (Wildman–Crippen MR) is 91.8 cm³/mol. The van der Waals surface area contributed by atoms with E-state index < -0.39 is 0 Å². The van der Waals surface area contributed by atoms with E-state index in [4.69, 9.17) is 0 Å². The first-order chi connectivity index (χ1) is 9.95. The zero-order valence-corrected chi connectivity index (χ0v) is 14.0. The van der Waals surface area contributed by atoms with Gasteiger partial charge in [-0.15, -0.1) is 0 Å². The quantitative estimate of drug-likeness (QED) is 0.605. The fourth-order valence-corrected chi connectivity index (χ4v) is 2.23. The molecule has 0 saturated carbocycles. The summed E-state index contributed by atoms with van der Waals surface area (Å²) < 4.78 is 1.07. The molecule has 0 unspecified atom stereocenters. The number of aryl methyl sites for hydroxylation is 2. The second-order valence-electron chi connectivity index (χ2n) is 5.15. The number of halogens is 1. The number of nitrogens with one attached hydrogen (secondary N) is 1. The van der Waals surface area contributed by atoms with Crippen LogP contribution < -0.4 is 5.32 Å². The average molecular weight is 344 g/mol. The van der Waals surface area contributed by atoms with E-state index in [1.165, 1.54) is 0 Å². The van der Waals surface area contributed by atoms with Gasteiger partial charge < -0.3 is 5.32 Å². The lowest BCUT2D eigenvalue weighted by Gasteiger charge is -2.08. The standard InChI is InChI=1S/C18H18BrNO/c1-12-4-6-15(7-5-12)18(21)11-14(3)20-16-8-9-17(19)13(2)10-16/h4-11,20H,1-3H3. The summed E-state index contributed by atoms with van der Waals surface area (Å²) in [4.78, 5) is 12.2. The molecule has 0 heterocycles. The Labute approximate surface area is 134 Å². The third-order valence-corrected chi connectivity index (χ3v) is 4.07. The van der Waals surface area contributed by atoms with Crippen LogP contribution in [0, 0.1) is 13.8 Å². The summed E-state index contributed by atoms with van der Waals surface area (Å²) in [6, 6.07) is 13.6. The minimum absolute atomic E-state index is 0.00818. The first kappa shape index (κ1) is 15.5. The van der Waals surface area contributed by atoms with Gasteiger partial charge in [-0.25, -0.2) is 0 Å². The van der Waals surface area contributed by atoms with Crippen molar-refractivity contribution in [2.75, 3.05) is 5.32 Å². The molecule has 0 saturated heterocycles. The molecule has 0 bridgehead atoms. The lowest BCUT2D eigenvalue weighted by Crippen LogP contribution is -2.01. The maximum absolute atomic E-state index is 12.2. The largest absolute Gasteiger partial charge is 0.359 e. The topological polar surface area (TPSA) is 29.1 Å². The maximum atomic E-state index is 12.2. The van der Waals surface area contributed by atoms with Crippen molar-refractivity contribution >= 4 is 27.4 Å². The first-order valence-electron chi connectivity index (χ1n) is 6.78. The minimum Gasteiger partial charge on any atom is -0.359 e. The molecule has 0 aromatic heterocycles. The highest BCUT2D eigenvalue weighted by Crippen LogP contribution is 2.21. The molecule has 0 aliphatic carbocycles. The number of ketones is 1. The molecule has 2 rings (SSSR count). The van der Waals surface area contributed by atoms with Crippen LogP contribution in [-0.4, -0.2) is 5.78 Å². The maximum Gasteiger partial charge on any atom is 0.187 e. The molecular weight excluding hydrogens is 326 g/mol. The van der Waals surface area contributed by atoms with Crippen LogP contribution in [-0.2, 0) is 0 Å². The van der Waals surface area contributed by atoms with Crippen LogP contribution in [0.3, 0.4) is 0 Å². The lowest BCUT2D eigenvalue weighted by molar-refractivity contribution is 0.104. The zero-order chi connectivity index (χ0) is 15.4. The summed E-state index contributed by atoms with van der Waals surface area (Å²) in [5.74, 6) is 0.00818. The van der Waals surface area contributed by atoms with Gasteiger partial charge in [0, 0.05) is 27.5 Å². The Balaban J connectivity index is 2.11. The molecule has 2 aromatic carbocycles. The van der Waals surface area contributed by atoms with E-state index in [0.717, 1.165) is 27.0 Å². The molecule has 3 heteroatoms. The van der Waals surface area contributed by atoms with Crippen LogP contribution in [0.2, 0.25) is 0 Å². The lowest BCUT2D eigenvalue weighted by atomic mass is 10.1. The number of benzene rings is 2.